The lowest BCUT2D eigenvalue weighted by molar-refractivity contribution is 0.628. The van der Waals surface area contributed by atoms with Crippen molar-refractivity contribution in [2.45, 2.75) is 46.5 Å². The van der Waals surface area contributed by atoms with E-state index in [1.165, 1.54) is 25.0 Å². The molecule has 0 bridgehead atoms. The smallest absolute Gasteiger partial charge is 0.229 e. The zero-order chi connectivity index (χ0) is 17.4. The largest absolute Gasteiger partial charge is 0.357 e. The molecule has 5 heteroatoms. The Labute approximate surface area is 144 Å². The molecule has 0 atom stereocenters. The lowest BCUT2D eigenvalue weighted by Gasteiger charge is -2.21. The maximum Gasteiger partial charge on any atom is 0.229 e. The SMILES string of the molecule is CCCCCc1cc(N(CC)CC)nc(Nc2ccc(F)cc2)n1. The summed E-state index contributed by atoms with van der Waals surface area (Å²) in [4.78, 5) is 11.5. The monoisotopic (exact) mass is 330 g/mol. The van der Waals surface area contributed by atoms with Gasteiger partial charge in [-0.15, -0.1) is 0 Å². The third-order valence-electron chi connectivity index (χ3n) is 3.99. The van der Waals surface area contributed by atoms with E-state index in [2.05, 4.69) is 47.0 Å². The van der Waals surface area contributed by atoms with Crippen LogP contribution in [0, 0.1) is 5.82 Å². The molecule has 0 saturated carbocycles. The first kappa shape index (κ1) is 18.2. The Balaban J connectivity index is 2.25. The van der Waals surface area contributed by atoms with Crippen molar-refractivity contribution in [3.63, 3.8) is 0 Å². The van der Waals surface area contributed by atoms with Crippen LogP contribution in [0.25, 0.3) is 0 Å². The number of benzene rings is 1. The minimum Gasteiger partial charge on any atom is -0.357 e. The van der Waals surface area contributed by atoms with E-state index < -0.39 is 0 Å². The molecule has 2 aromatic rings. The molecular formula is C19H27FN4. The van der Waals surface area contributed by atoms with Crippen molar-refractivity contribution in [2.24, 2.45) is 0 Å². The molecule has 1 aromatic carbocycles. The summed E-state index contributed by atoms with van der Waals surface area (Å²) in [5.41, 5.74) is 1.83. The first-order valence-corrected chi connectivity index (χ1v) is 8.81. The summed E-state index contributed by atoms with van der Waals surface area (Å²) < 4.78 is 13.1. The van der Waals surface area contributed by atoms with E-state index in [9.17, 15) is 4.39 Å². The molecule has 0 unspecified atom stereocenters. The number of hydrogen-bond acceptors (Lipinski definition) is 4. The van der Waals surface area contributed by atoms with Gasteiger partial charge in [-0.1, -0.05) is 19.8 Å². The number of nitrogens with zero attached hydrogens (tertiary/aromatic N) is 3. The molecule has 0 saturated heterocycles. The third kappa shape index (κ3) is 5.18. The summed E-state index contributed by atoms with van der Waals surface area (Å²) in [6.45, 7) is 8.24. The highest BCUT2D eigenvalue weighted by molar-refractivity contribution is 5.55. The standard InChI is InChI=1S/C19H27FN4/c1-4-7-8-9-17-14-18(24(5-2)6-3)23-19(22-17)21-16-12-10-15(20)11-13-16/h10-14H,4-9H2,1-3H3,(H,21,22,23). The van der Waals surface area contributed by atoms with Crippen molar-refractivity contribution in [3.8, 4) is 0 Å². The second-order valence-electron chi connectivity index (χ2n) is 5.80. The molecule has 0 spiro atoms. The maximum atomic E-state index is 13.1. The first-order valence-electron chi connectivity index (χ1n) is 8.81. The Morgan fingerprint density at radius 3 is 2.33 bits per heavy atom. The number of aromatic nitrogens is 2. The fraction of sp³-hybridized carbons (Fsp3) is 0.474. The highest BCUT2D eigenvalue weighted by atomic mass is 19.1. The van der Waals surface area contributed by atoms with Gasteiger partial charge in [-0.2, -0.15) is 4.98 Å². The number of nitrogens with one attached hydrogen (secondary N) is 1. The number of anilines is 3. The number of rotatable bonds is 9. The van der Waals surface area contributed by atoms with E-state index in [0.29, 0.717) is 5.95 Å². The van der Waals surface area contributed by atoms with Gasteiger partial charge in [0.15, 0.2) is 0 Å². The van der Waals surface area contributed by atoms with Gasteiger partial charge in [-0.05, 0) is 51.0 Å². The molecule has 1 heterocycles. The lowest BCUT2D eigenvalue weighted by Crippen LogP contribution is -2.23. The van der Waals surface area contributed by atoms with Crippen LogP contribution >= 0.6 is 0 Å². The molecule has 0 aliphatic carbocycles. The van der Waals surface area contributed by atoms with Gasteiger partial charge in [0, 0.05) is 30.5 Å². The van der Waals surface area contributed by atoms with Gasteiger partial charge in [0.05, 0.1) is 0 Å². The van der Waals surface area contributed by atoms with Crippen LogP contribution in [-0.4, -0.2) is 23.1 Å². The highest BCUT2D eigenvalue weighted by Crippen LogP contribution is 2.20. The first-order chi connectivity index (χ1) is 11.7. The highest BCUT2D eigenvalue weighted by Gasteiger charge is 2.10. The van der Waals surface area contributed by atoms with E-state index >= 15 is 0 Å². The molecule has 130 valence electrons. The topological polar surface area (TPSA) is 41.1 Å². The van der Waals surface area contributed by atoms with Gasteiger partial charge < -0.3 is 10.2 Å². The second kappa shape index (κ2) is 9.21. The Morgan fingerprint density at radius 1 is 1.00 bits per heavy atom. The van der Waals surface area contributed by atoms with Crippen LogP contribution in [0.5, 0.6) is 0 Å². The van der Waals surface area contributed by atoms with Crippen molar-refractivity contribution in [2.75, 3.05) is 23.3 Å². The van der Waals surface area contributed by atoms with Gasteiger partial charge in [0.1, 0.15) is 11.6 Å². The van der Waals surface area contributed by atoms with Crippen LogP contribution in [0.4, 0.5) is 21.8 Å². The van der Waals surface area contributed by atoms with Crippen LogP contribution in [0.3, 0.4) is 0 Å². The molecule has 0 amide bonds. The van der Waals surface area contributed by atoms with Crippen LogP contribution in [0.2, 0.25) is 0 Å². The predicted molar refractivity (Wildman–Crippen MR) is 98.5 cm³/mol. The molecule has 0 aliphatic heterocycles. The van der Waals surface area contributed by atoms with E-state index in [1.54, 1.807) is 12.1 Å². The van der Waals surface area contributed by atoms with Gasteiger partial charge in [-0.25, -0.2) is 9.37 Å². The van der Waals surface area contributed by atoms with Gasteiger partial charge in [0.2, 0.25) is 5.95 Å². The molecule has 2 rings (SSSR count). The van der Waals surface area contributed by atoms with Crippen LogP contribution in [-0.2, 0) is 6.42 Å². The van der Waals surface area contributed by atoms with Crippen LogP contribution in [0.1, 0.15) is 45.7 Å². The number of halogens is 1. The Morgan fingerprint density at radius 2 is 1.71 bits per heavy atom. The molecular weight excluding hydrogens is 303 g/mol. The van der Waals surface area contributed by atoms with Crippen molar-refractivity contribution in [1.29, 1.82) is 0 Å². The Bertz CT molecular complexity index is 624. The van der Waals surface area contributed by atoms with E-state index in [-0.39, 0.29) is 5.82 Å². The van der Waals surface area contributed by atoms with Crippen molar-refractivity contribution in [1.82, 2.24) is 9.97 Å². The molecule has 0 radical (unpaired) electrons. The average Bonchev–Trinajstić information content (AvgIpc) is 2.58. The minimum absolute atomic E-state index is 0.251. The van der Waals surface area contributed by atoms with Gasteiger partial charge >= 0.3 is 0 Å². The second-order valence-corrected chi connectivity index (χ2v) is 5.80. The molecule has 1 N–H and O–H groups in total. The molecule has 1 aromatic heterocycles. The summed E-state index contributed by atoms with van der Waals surface area (Å²) in [7, 11) is 0. The molecule has 4 nitrogen and oxygen atoms in total. The number of hydrogen-bond donors (Lipinski definition) is 1. The Hall–Kier alpha value is -2.17. The predicted octanol–water partition coefficient (Wildman–Crippen LogP) is 4.94. The number of unbranched alkanes of at least 4 members (excludes halogenated alkanes) is 2. The van der Waals surface area contributed by atoms with Crippen molar-refractivity contribution >= 4 is 17.5 Å². The summed E-state index contributed by atoms with van der Waals surface area (Å²) in [5.74, 6) is 1.25. The van der Waals surface area contributed by atoms with Crippen LogP contribution in [0.15, 0.2) is 30.3 Å². The third-order valence-corrected chi connectivity index (χ3v) is 3.99. The summed E-state index contributed by atoms with van der Waals surface area (Å²) in [6.07, 6.45) is 4.46. The maximum absolute atomic E-state index is 13.1. The number of aryl methyl sites for hydroxylation is 1. The van der Waals surface area contributed by atoms with Crippen LogP contribution < -0.4 is 10.2 Å². The zero-order valence-corrected chi connectivity index (χ0v) is 14.8. The van der Waals surface area contributed by atoms with E-state index in [0.717, 1.165) is 43.1 Å². The van der Waals surface area contributed by atoms with Gasteiger partial charge in [-0.3, -0.25) is 0 Å². The summed E-state index contributed by atoms with van der Waals surface area (Å²) in [5, 5.41) is 3.19. The zero-order valence-electron chi connectivity index (χ0n) is 14.8. The quantitative estimate of drug-likeness (QED) is 0.661. The molecule has 0 fully saturated rings. The minimum atomic E-state index is -0.251. The van der Waals surface area contributed by atoms with E-state index in [1.807, 2.05) is 0 Å². The lowest BCUT2D eigenvalue weighted by atomic mass is 10.1. The summed E-state index contributed by atoms with van der Waals surface area (Å²) in [6, 6.07) is 8.33. The Kier molecular flexibility index (Phi) is 6.97. The van der Waals surface area contributed by atoms with Gasteiger partial charge in [0.25, 0.3) is 0 Å². The summed E-state index contributed by atoms with van der Waals surface area (Å²) >= 11 is 0. The molecule has 0 aliphatic rings. The fourth-order valence-electron chi connectivity index (χ4n) is 2.60. The van der Waals surface area contributed by atoms with Crippen molar-refractivity contribution in [3.05, 3.63) is 41.8 Å². The normalized spacial score (nSPS) is 10.7. The fourth-order valence-corrected chi connectivity index (χ4v) is 2.60. The van der Waals surface area contributed by atoms with E-state index in [4.69, 9.17) is 0 Å². The van der Waals surface area contributed by atoms with Crippen molar-refractivity contribution < 1.29 is 4.39 Å². The average molecular weight is 330 g/mol. The molecule has 24 heavy (non-hydrogen) atoms.